The van der Waals surface area contributed by atoms with E-state index in [0.717, 1.165) is 12.3 Å². The number of hydrogen-bond donors (Lipinski definition) is 1. The predicted molar refractivity (Wildman–Crippen MR) is 80.1 cm³/mol. The van der Waals surface area contributed by atoms with E-state index in [0.29, 0.717) is 11.1 Å². The van der Waals surface area contributed by atoms with Crippen LogP contribution in [0.1, 0.15) is 11.1 Å². The summed E-state index contributed by atoms with van der Waals surface area (Å²) in [6.45, 7) is 1.58. The molecule has 118 valence electrons. The third-order valence-corrected chi connectivity index (χ3v) is 3.64. The molecule has 0 bridgehead atoms. The minimum absolute atomic E-state index is 0.0483. The lowest BCUT2D eigenvalue weighted by Gasteiger charge is -2.16. The maximum atomic E-state index is 13.2. The van der Waals surface area contributed by atoms with Gasteiger partial charge in [-0.2, -0.15) is 13.2 Å². The molecule has 0 aliphatic rings. The van der Waals surface area contributed by atoms with Gasteiger partial charge >= 0.3 is 6.18 Å². The molecule has 0 aromatic heterocycles. The van der Waals surface area contributed by atoms with E-state index in [9.17, 15) is 21.6 Å². The van der Waals surface area contributed by atoms with Crippen LogP contribution < -0.4 is 4.72 Å². The molecule has 2 aromatic carbocycles. The highest BCUT2D eigenvalue weighted by Gasteiger charge is 2.34. The van der Waals surface area contributed by atoms with Crippen molar-refractivity contribution < 1.29 is 21.6 Å². The summed E-state index contributed by atoms with van der Waals surface area (Å²) in [5.41, 5.74) is 0.290. The number of halogens is 3. The Morgan fingerprint density at radius 3 is 2.27 bits per heavy atom. The van der Waals surface area contributed by atoms with Crippen LogP contribution in [-0.4, -0.2) is 14.7 Å². The van der Waals surface area contributed by atoms with Gasteiger partial charge in [-0.3, -0.25) is 4.72 Å². The molecule has 3 nitrogen and oxygen atoms in total. The van der Waals surface area contributed by atoms with Crippen molar-refractivity contribution >= 4 is 15.7 Å². The highest BCUT2D eigenvalue weighted by Crippen LogP contribution is 2.39. The second-order valence-electron chi connectivity index (χ2n) is 4.95. The van der Waals surface area contributed by atoms with E-state index in [1.165, 1.54) is 30.3 Å². The lowest BCUT2D eigenvalue weighted by atomic mass is 9.94. The minimum Gasteiger partial charge on any atom is -0.284 e. The molecule has 0 spiro atoms. The first-order chi connectivity index (χ1) is 10.1. The fourth-order valence-electron chi connectivity index (χ4n) is 2.24. The molecule has 0 aliphatic heterocycles. The summed E-state index contributed by atoms with van der Waals surface area (Å²) in [7, 11) is -3.50. The third kappa shape index (κ3) is 3.79. The Morgan fingerprint density at radius 1 is 1.05 bits per heavy atom. The highest BCUT2D eigenvalue weighted by atomic mass is 32.2. The zero-order chi connectivity index (χ0) is 16.5. The number of hydrogen-bond acceptors (Lipinski definition) is 2. The molecular weight excluding hydrogens is 315 g/mol. The van der Waals surface area contributed by atoms with Gasteiger partial charge in [0.25, 0.3) is 0 Å². The van der Waals surface area contributed by atoms with Gasteiger partial charge in [0, 0.05) is 5.69 Å². The molecule has 2 rings (SSSR count). The fourth-order valence-corrected chi connectivity index (χ4v) is 2.79. The lowest BCUT2D eigenvalue weighted by Crippen LogP contribution is -2.10. The van der Waals surface area contributed by atoms with Crippen molar-refractivity contribution in [2.24, 2.45) is 0 Å². The number of nitrogens with one attached hydrogen (secondary N) is 1. The number of aryl methyl sites for hydroxylation is 1. The standard InChI is InChI=1S/C15H14F3NO2S/c1-10-5-3-8-13(15(16,17)18)14(10)11-6-4-7-12(9-11)19-22(2,20)21/h3-9,19H,1-2H3. The van der Waals surface area contributed by atoms with Crippen LogP contribution in [0.4, 0.5) is 18.9 Å². The number of benzene rings is 2. The van der Waals surface area contributed by atoms with Gasteiger partial charge in [0.1, 0.15) is 0 Å². The molecule has 0 saturated heterocycles. The molecule has 0 unspecified atom stereocenters. The van der Waals surface area contributed by atoms with Crippen LogP contribution in [-0.2, 0) is 16.2 Å². The monoisotopic (exact) mass is 329 g/mol. The largest absolute Gasteiger partial charge is 0.417 e. The van der Waals surface area contributed by atoms with E-state index in [4.69, 9.17) is 0 Å². The summed E-state index contributed by atoms with van der Waals surface area (Å²) in [5, 5.41) is 0. The molecule has 2 aromatic rings. The third-order valence-electron chi connectivity index (χ3n) is 3.03. The van der Waals surface area contributed by atoms with E-state index >= 15 is 0 Å². The molecule has 0 aliphatic carbocycles. The first-order valence-corrected chi connectivity index (χ1v) is 8.22. The second-order valence-corrected chi connectivity index (χ2v) is 6.70. The number of alkyl halides is 3. The van der Waals surface area contributed by atoms with Gasteiger partial charge < -0.3 is 0 Å². The molecule has 0 radical (unpaired) electrons. The molecule has 0 fully saturated rings. The topological polar surface area (TPSA) is 46.2 Å². The minimum atomic E-state index is -4.48. The second kappa shape index (κ2) is 5.64. The highest BCUT2D eigenvalue weighted by molar-refractivity contribution is 7.92. The van der Waals surface area contributed by atoms with E-state index in [1.807, 2.05) is 0 Å². The summed E-state index contributed by atoms with van der Waals surface area (Å²) in [5.74, 6) is 0. The zero-order valence-electron chi connectivity index (χ0n) is 11.9. The van der Waals surface area contributed by atoms with E-state index in [2.05, 4.69) is 4.72 Å². The van der Waals surface area contributed by atoms with Crippen LogP contribution in [0.25, 0.3) is 11.1 Å². The van der Waals surface area contributed by atoms with Crippen LogP contribution in [0.3, 0.4) is 0 Å². The number of sulfonamides is 1. The van der Waals surface area contributed by atoms with Gasteiger partial charge in [-0.1, -0.05) is 24.3 Å². The van der Waals surface area contributed by atoms with Gasteiger partial charge in [-0.15, -0.1) is 0 Å². The van der Waals surface area contributed by atoms with Gasteiger partial charge in [0.2, 0.25) is 10.0 Å². The lowest BCUT2D eigenvalue weighted by molar-refractivity contribution is -0.137. The van der Waals surface area contributed by atoms with Crippen molar-refractivity contribution in [2.75, 3.05) is 11.0 Å². The van der Waals surface area contributed by atoms with Gasteiger partial charge in [-0.05, 0) is 41.8 Å². The fraction of sp³-hybridized carbons (Fsp3) is 0.200. The smallest absolute Gasteiger partial charge is 0.284 e. The average Bonchev–Trinajstić information content (AvgIpc) is 2.35. The van der Waals surface area contributed by atoms with Crippen LogP contribution in [0.5, 0.6) is 0 Å². The average molecular weight is 329 g/mol. The van der Waals surface area contributed by atoms with Gasteiger partial charge in [-0.25, -0.2) is 8.42 Å². The number of anilines is 1. The van der Waals surface area contributed by atoms with Crippen molar-refractivity contribution in [3.63, 3.8) is 0 Å². The molecule has 7 heteroatoms. The van der Waals surface area contributed by atoms with Crippen LogP contribution in [0.15, 0.2) is 42.5 Å². The summed E-state index contributed by atoms with van der Waals surface area (Å²) in [4.78, 5) is 0. The Labute approximate surface area is 126 Å². The first-order valence-electron chi connectivity index (χ1n) is 6.33. The van der Waals surface area contributed by atoms with E-state index in [-0.39, 0.29) is 11.3 Å². The van der Waals surface area contributed by atoms with Crippen LogP contribution >= 0.6 is 0 Å². The molecule has 22 heavy (non-hydrogen) atoms. The normalized spacial score (nSPS) is 12.2. The summed E-state index contributed by atoms with van der Waals surface area (Å²) in [6, 6.07) is 9.84. The molecule has 0 amide bonds. The molecule has 1 N–H and O–H groups in total. The van der Waals surface area contributed by atoms with Crippen LogP contribution in [0.2, 0.25) is 0 Å². The predicted octanol–water partition coefficient (Wildman–Crippen LogP) is 4.05. The van der Waals surface area contributed by atoms with Gasteiger partial charge in [0.05, 0.1) is 11.8 Å². The zero-order valence-corrected chi connectivity index (χ0v) is 12.7. The van der Waals surface area contributed by atoms with Crippen LogP contribution in [0, 0.1) is 6.92 Å². The van der Waals surface area contributed by atoms with E-state index in [1.54, 1.807) is 13.0 Å². The summed E-state index contributed by atoms with van der Waals surface area (Å²) >= 11 is 0. The van der Waals surface area contributed by atoms with Crippen molar-refractivity contribution in [1.29, 1.82) is 0 Å². The van der Waals surface area contributed by atoms with Gasteiger partial charge in [0.15, 0.2) is 0 Å². The number of rotatable bonds is 3. The maximum Gasteiger partial charge on any atom is 0.417 e. The van der Waals surface area contributed by atoms with Crippen molar-refractivity contribution in [1.82, 2.24) is 0 Å². The Hall–Kier alpha value is -2.02. The van der Waals surface area contributed by atoms with Crippen molar-refractivity contribution in [3.8, 4) is 11.1 Å². The molecular formula is C15H14F3NO2S. The maximum absolute atomic E-state index is 13.2. The SMILES string of the molecule is Cc1cccc(C(F)(F)F)c1-c1cccc(NS(C)(=O)=O)c1. The Balaban J connectivity index is 2.60. The molecule has 0 heterocycles. The molecule has 0 atom stereocenters. The summed E-state index contributed by atoms with van der Waals surface area (Å²) in [6.07, 6.45) is -3.50. The van der Waals surface area contributed by atoms with E-state index < -0.39 is 21.8 Å². The quantitative estimate of drug-likeness (QED) is 0.923. The summed E-state index contributed by atoms with van der Waals surface area (Å²) < 4.78 is 64.3. The van der Waals surface area contributed by atoms with Crippen molar-refractivity contribution in [2.45, 2.75) is 13.1 Å². The Kier molecular flexibility index (Phi) is 4.19. The Bertz CT molecular complexity index is 799. The molecule has 0 saturated carbocycles. The van der Waals surface area contributed by atoms with Crippen molar-refractivity contribution in [3.05, 3.63) is 53.6 Å². The Morgan fingerprint density at radius 2 is 1.68 bits per heavy atom. The first kappa shape index (κ1) is 16.4.